The zero-order valence-corrected chi connectivity index (χ0v) is 28.3. The molecule has 12 heteroatoms. The second-order valence-corrected chi connectivity index (χ2v) is 14.2. The molecule has 50 heavy (non-hydrogen) atoms. The number of rotatable bonds is 10. The summed E-state index contributed by atoms with van der Waals surface area (Å²) >= 11 is 0. The molecule has 4 atom stereocenters. The van der Waals surface area contributed by atoms with Crippen molar-refractivity contribution in [3.05, 3.63) is 77.2 Å². The molecular weight excluding hydrogens is 632 g/mol. The topological polar surface area (TPSA) is 164 Å². The average molecular weight is 679 g/mol. The van der Waals surface area contributed by atoms with Crippen molar-refractivity contribution in [1.82, 2.24) is 35.7 Å². The highest BCUT2D eigenvalue weighted by atomic mass is 16.3. The van der Waals surface area contributed by atoms with Gasteiger partial charge in [-0.3, -0.25) is 19.4 Å². The summed E-state index contributed by atoms with van der Waals surface area (Å²) in [5, 5.41) is 27.5. The molecule has 2 saturated heterocycles. The lowest BCUT2D eigenvalue weighted by Crippen LogP contribution is -2.55. The van der Waals surface area contributed by atoms with Gasteiger partial charge in [0, 0.05) is 74.7 Å². The van der Waals surface area contributed by atoms with Gasteiger partial charge in [-0.2, -0.15) is 0 Å². The number of carbonyl (C=O) groups is 3. The van der Waals surface area contributed by atoms with Gasteiger partial charge in [0.1, 0.15) is 6.23 Å². The Balaban J connectivity index is 0.854. The SMILES string of the molecule is N=C/C(=C\NC1CCN(C2CCCC(CC(=O)NCc3ccc4c(c3)CN(C3CCC(=O)NC3O)C4=O)C2)CC1)c1cnc2ccccc2n1. The molecule has 7 rings (SSSR count). The van der Waals surface area contributed by atoms with Crippen LogP contribution in [-0.2, 0) is 22.7 Å². The lowest BCUT2D eigenvalue weighted by molar-refractivity contribution is -0.129. The maximum absolute atomic E-state index is 13.0. The molecule has 3 fully saturated rings. The highest BCUT2D eigenvalue weighted by molar-refractivity contribution is 6.07. The number of nitrogens with zero attached hydrogens (tertiary/aromatic N) is 4. The van der Waals surface area contributed by atoms with Crippen LogP contribution in [0.5, 0.6) is 0 Å². The Labute approximate surface area is 292 Å². The molecule has 0 spiro atoms. The number of aliphatic hydroxyl groups is 1. The first-order valence-corrected chi connectivity index (χ1v) is 17.9. The Hall–Kier alpha value is -4.68. The second-order valence-electron chi connectivity index (χ2n) is 14.2. The molecule has 2 aromatic carbocycles. The van der Waals surface area contributed by atoms with Crippen LogP contribution in [0.15, 0.2) is 54.9 Å². The van der Waals surface area contributed by atoms with Crippen molar-refractivity contribution in [2.45, 2.75) is 95.2 Å². The molecule has 3 aliphatic heterocycles. The summed E-state index contributed by atoms with van der Waals surface area (Å²) < 4.78 is 0. The van der Waals surface area contributed by atoms with Crippen LogP contribution < -0.4 is 16.0 Å². The van der Waals surface area contributed by atoms with Gasteiger partial charge in [0.2, 0.25) is 11.8 Å². The number of allylic oxidation sites excluding steroid dienone is 1. The van der Waals surface area contributed by atoms with E-state index in [1.165, 1.54) is 12.6 Å². The molecule has 1 aromatic heterocycles. The molecule has 0 radical (unpaired) electrons. The summed E-state index contributed by atoms with van der Waals surface area (Å²) in [7, 11) is 0. The van der Waals surface area contributed by atoms with Crippen LogP contribution in [0.2, 0.25) is 0 Å². The highest BCUT2D eigenvalue weighted by Crippen LogP contribution is 2.32. The van der Waals surface area contributed by atoms with Gasteiger partial charge in [-0.15, -0.1) is 0 Å². The molecule has 1 aliphatic carbocycles. The van der Waals surface area contributed by atoms with E-state index in [0.29, 0.717) is 60.8 Å². The number of carbonyl (C=O) groups excluding carboxylic acids is 3. The van der Waals surface area contributed by atoms with Gasteiger partial charge < -0.3 is 36.3 Å². The molecule has 4 unspecified atom stereocenters. The van der Waals surface area contributed by atoms with E-state index < -0.39 is 12.3 Å². The van der Waals surface area contributed by atoms with Gasteiger partial charge in [0.15, 0.2) is 0 Å². The summed E-state index contributed by atoms with van der Waals surface area (Å²) in [5.41, 5.74) is 5.49. The number of benzene rings is 2. The van der Waals surface area contributed by atoms with Crippen molar-refractivity contribution in [3.8, 4) is 0 Å². The molecule has 4 aliphatic rings. The third kappa shape index (κ3) is 7.56. The summed E-state index contributed by atoms with van der Waals surface area (Å²) in [4.78, 5) is 51.1. The van der Waals surface area contributed by atoms with Gasteiger partial charge >= 0.3 is 0 Å². The molecule has 3 amide bonds. The van der Waals surface area contributed by atoms with Gasteiger partial charge in [-0.25, -0.2) is 4.98 Å². The number of aromatic nitrogens is 2. The van der Waals surface area contributed by atoms with E-state index in [4.69, 9.17) is 5.41 Å². The third-order valence-electron chi connectivity index (χ3n) is 10.9. The predicted octanol–water partition coefficient (Wildman–Crippen LogP) is 3.49. The minimum absolute atomic E-state index is 0.0581. The van der Waals surface area contributed by atoms with Crippen molar-refractivity contribution >= 4 is 40.5 Å². The van der Waals surface area contributed by atoms with Gasteiger partial charge in [-0.05, 0) is 73.8 Å². The Morgan fingerprint density at radius 3 is 2.68 bits per heavy atom. The van der Waals surface area contributed by atoms with Crippen LogP contribution in [0, 0.1) is 11.3 Å². The molecule has 3 aromatic rings. The number of para-hydroxylation sites is 2. The Morgan fingerprint density at radius 2 is 1.88 bits per heavy atom. The average Bonchev–Trinajstić information content (AvgIpc) is 3.46. The number of hydrogen-bond donors (Lipinski definition) is 5. The largest absolute Gasteiger partial charge is 0.387 e. The first kappa shape index (κ1) is 33.8. The van der Waals surface area contributed by atoms with Crippen LogP contribution in [0.25, 0.3) is 16.6 Å². The molecule has 12 nitrogen and oxygen atoms in total. The minimum Gasteiger partial charge on any atom is -0.387 e. The van der Waals surface area contributed by atoms with Crippen molar-refractivity contribution in [3.63, 3.8) is 0 Å². The summed E-state index contributed by atoms with van der Waals surface area (Å²) in [5.74, 6) is 0.0804. The number of aliphatic hydroxyl groups excluding tert-OH is 1. The van der Waals surface area contributed by atoms with Crippen LogP contribution in [0.3, 0.4) is 0 Å². The Bertz CT molecular complexity index is 1790. The van der Waals surface area contributed by atoms with Crippen molar-refractivity contribution in [2.75, 3.05) is 13.1 Å². The first-order chi connectivity index (χ1) is 24.3. The number of likely N-dealkylation sites (tertiary alicyclic amines) is 1. The summed E-state index contributed by atoms with van der Waals surface area (Å²) in [6.45, 7) is 2.81. The smallest absolute Gasteiger partial charge is 0.254 e. The Kier molecular flexibility index (Phi) is 10.2. The predicted molar refractivity (Wildman–Crippen MR) is 190 cm³/mol. The van der Waals surface area contributed by atoms with E-state index in [-0.39, 0.29) is 24.1 Å². The second kappa shape index (κ2) is 15.1. The van der Waals surface area contributed by atoms with Crippen LogP contribution in [0.1, 0.15) is 85.0 Å². The molecular formula is C38H46N8O4. The minimum atomic E-state index is -1.07. The van der Waals surface area contributed by atoms with Crippen LogP contribution >= 0.6 is 0 Å². The fraction of sp³-hybridized carbons (Fsp3) is 0.474. The standard InChI is InChI=1S/C38H46N8O4/c39-19-27(33-22-41-31-6-1-2-7-32(31)43-33)21-40-28-12-14-45(15-13-28)29-5-3-4-24(17-29)18-36(48)42-20-25-8-9-30-26(16-25)23-46(38(30)50)34-10-11-35(47)44-37(34)49/h1-2,6-9,16,19,21-22,24,28-29,34,37,39-40,49H,3-5,10-15,17-18,20,23H2,(H,42,48)(H,44,47)/b27-21+,39-19?. The van der Waals surface area contributed by atoms with Crippen molar-refractivity contribution in [2.24, 2.45) is 5.92 Å². The van der Waals surface area contributed by atoms with E-state index in [2.05, 4.69) is 30.8 Å². The zero-order chi connectivity index (χ0) is 34.6. The van der Waals surface area contributed by atoms with Crippen LogP contribution in [-0.4, -0.2) is 86.3 Å². The van der Waals surface area contributed by atoms with Gasteiger partial charge in [0.25, 0.3) is 5.91 Å². The number of fused-ring (bicyclic) bond motifs is 2. The fourth-order valence-corrected chi connectivity index (χ4v) is 8.11. The van der Waals surface area contributed by atoms with Gasteiger partial charge in [-0.1, -0.05) is 30.7 Å². The number of piperidine rings is 2. The quantitative estimate of drug-likeness (QED) is 0.204. The van der Waals surface area contributed by atoms with E-state index in [9.17, 15) is 19.5 Å². The molecule has 4 heterocycles. The lowest BCUT2D eigenvalue weighted by Gasteiger charge is -2.41. The summed E-state index contributed by atoms with van der Waals surface area (Å²) in [6.07, 6.45) is 11.6. The van der Waals surface area contributed by atoms with E-state index >= 15 is 0 Å². The van der Waals surface area contributed by atoms with E-state index in [1.54, 1.807) is 17.2 Å². The number of nitrogens with one attached hydrogen (secondary N) is 4. The maximum Gasteiger partial charge on any atom is 0.254 e. The fourth-order valence-electron chi connectivity index (χ4n) is 8.11. The zero-order valence-electron chi connectivity index (χ0n) is 28.3. The number of hydrogen-bond acceptors (Lipinski definition) is 9. The van der Waals surface area contributed by atoms with Crippen molar-refractivity contribution < 1.29 is 19.5 Å². The maximum atomic E-state index is 13.0. The number of amides is 3. The summed E-state index contributed by atoms with van der Waals surface area (Å²) in [6, 6.07) is 13.8. The molecule has 0 bridgehead atoms. The van der Waals surface area contributed by atoms with E-state index in [0.717, 1.165) is 67.4 Å². The highest BCUT2D eigenvalue weighted by Gasteiger charge is 2.39. The molecule has 1 saturated carbocycles. The van der Waals surface area contributed by atoms with E-state index in [1.807, 2.05) is 42.6 Å². The van der Waals surface area contributed by atoms with Gasteiger partial charge in [0.05, 0.1) is 29.0 Å². The van der Waals surface area contributed by atoms with Crippen molar-refractivity contribution in [1.29, 1.82) is 5.41 Å². The normalized spacial score (nSPS) is 24.9. The Morgan fingerprint density at radius 1 is 1.06 bits per heavy atom. The third-order valence-corrected chi connectivity index (χ3v) is 10.9. The monoisotopic (exact) mass is 678 g/mol. The molecule has 262 valence electrons. The first-order valence-electron chi connectivity index (χ1n) is 17.9. The molecule has 5 N–H and O–H groups in total. The lowest BCUT2D eigenvalue weighted by atomic mass is 9.82. The van der Waals surface area contributed by atoms with Crippen LogP contribution in [0.4, 0.5) is 0 Å².